The highest BCUT2D eigenvalue weighted by Crippen LogP contribution is 2.09. The third-order valence-electron chi connectivity index (χ3n) is 3.03. The van der Waals surface area contributed by atoms with Crippen molar-refractivity contribution >= 4 is 5.91 Å². The number of amides is 1. The van der Waals surface area contributed by atoms with Crippen molar-refractivity contribution in [3.63, 3.8) is 0 Å². The first-order chi connectivity index (χ1) is 7.06. The van der Waals surface area contributed by atoms with Gasteiger partial charge in [-0.3, -0.25) is 9.69 Å². The molecule has 0 radical (unpaired) electrons. The predicted octanol–water partition coefficient (Wildman–Crippen LogP) is 0.147. The van der Waals surface area contributed by atoms with Gasteiger partial charge < -0.3 is 10.2 Å². The maximum absolute atomic E-state index is 11.8. The first kappa shape index (κ1) is 12.5. The Morgan fingerprint density at radius 2 is 2.00 bits per heavy atom. The van der Waals surface area contributed by atoms with Crippen LogP contribution in [0.2, 0.25) is 0 Å². The van der Waals surface area contributed by atoms with Crippen molar-refractivity contribution in [2.45, 2.75) is 32.9 Å². The van der Waals surface area contributed by atoms with Crippen LogP contribution < -0.4 is 5.32 Å². The Hall–Kier alpha value is -0.610. The SMILES string of the molecule is CNCC(C)N1CCN(C(C)C)C(=O)C1. The highest BCUT2D eigenvalue weighted by Gasteiger charge is 2.27. The van der Waals surface area contributed by atoms with Gasteiger partial charge in [0, 0.05) is 31.7 Å². The first-order valence-corrected chi connectivity index (χ1v) is 5.74. The highest BCUT2D eigenvalue weighted by molar-refractivity contribution is 5.79. The van der Waals surface area contributed by atoms with Crippen molar-refractivity contribution in [2.24, 2.45) is 0 Å². The topological polar surface area (TPSA) is 35.6 Å². The number of hydrogen-bond donors (Lipinski definition) is 1. The molecule has 4 nitrogen and oxygen atoms in total. The van der Waals surface area contributed by atoms with E-state index in [9.17, 15) is 4.79 Å². The van der Waals surface area contributed by atoms with Crippen LogP contribution in [0.1, 0.15) is 20.8 Å². The van der Waals surface area contributed by atoms with E-state index in [1.54, 1.807) is 0 Å². The van der Waals surface area contributed by atoms with Gasteiger partial charge in [-0.25, -0.2) is 0 Å². The number of rotatable bonds is 4. The van der Waals surface area contributed by atoms with Crippen LogP contribution in [0.4, 0.5) is 0 Å². The molecule has 1 rings (SSSR count). The van der Waals surface area contributed by atoms with Gasteiger partial charge in [0.1, 0.15) is 0 Å². The number of nitrogens with zero attached hydrogens (tertiary/aromatic N) is 2. The summed E-state index contributed by atoms with van der Waals surface area (Å²) in [5, 5.41) is 3.15. The maximum Gasteiger partial charge on any atom is 0.237 e. The van der Waals surface area contributed by atoms with Crippen LogP contribution in [0.3, 0.4) is 0 Å². The molecule has 4 heteroatoms. The van der Waals surface area contributed by atoms with E-state index in [2.05, 4.69) is 31.0 Å². The van der Waals surface area contributed by atoms with Gasteiger partial charge in [-0.1, -0.05) is 0 Å². The lowest BCUT2D eigenvalue weighted by molar-refractivity contribution is -0.138. The molecule has 1 aliphatic heterocycles. The summed E-state index contributed by atoms with van der Waals surface area (Å²) in [6.45, 7) is 9.68. The standard InChI is InChI=1S/C11H23N3O/c1-9(2)14-6-5-13(8-11(14)15)10(3)7-12-4/h9-10,12H,5-8H2,1-4H3. The number of hydrogen-bond acceptors (Lipinski definition) is 3. The quantitative estimate of drug-likeness (QED) is 0.722. The van der Waals surface area contributed by atoms with Crippen molar-refractivity contribution in [2.75, 3.05) is 33.2 Å². The second-order valence-corrected chi connectivity index (χ2v) is 4.56. The van der Waals surface area contributed by atoms with E-state index in [1.807, 2.05) is 11.9 Å². The fraction of sp³-hybridized carbons (Fsp3) is 0.909. The molecule has 88 valence electrons. The maximum atomic E-state index is 11.8. The Kier molecular flexibility index (Phi) is 4.54. The van der Waals surface area contributed by atoms with Gasteiger partial charge in [0.2, 0.25) is 5.91 Å². The molecule has 1 amide bonds. The predicted molar refractivity (Wildman–Crippen MR) is 61.8 cm³/mol. The fourth-order valence-electron chi connectivity index (χ4n) is 2.05. The second kappa shape index (κ2) is 5.47. The molecule has 1 N–H and O–H groups in total. The molecule has 0 bridgehead atoms. The molecular formula is C11H23N3O. The fourth-order valence-corrected chi connectivity index (χ4v) is 2.05. The Labute approximate surface area is 92.6 Å². The minimum absolute atomic E-state index is 0.263. The number of carbonyl (C=O) groups excluding carboxylic acids is 1. The molecule has 0 aromatic rings. The third-order valence-corrected chi connectivity index (χ3v) is 3.03. The Balaban J connectivity index is 2.47. The molecule has 1 aliphatic rings. The van der Waals surface area contributed by atoms with E-state index >= 15 is 0 Å². The molecule has 0 aromatic carbocycles. The normalized spacial score (nSPS) is 21.1. The zero-order chi connectivity index (χ0) is 11.4. The van der Waals surface area contributed by atoms with E-state index in [0.717, 1.165) is 19.6 Å². The summed E-state index contributed by atoms with van der Waals surface area (Å²) in [5.41, 5.74) is 0. The summed E-state index contributed by atoms with van der Waals surface area (Å²) in [6.07, 6.45) is 0. The first-order valence-electron chi connectivity index (χ1n) is 5.74. The summed E-state index contributed by atoms with van der Waals surface area (Å²) in [5.74, 6) is 0.263. The second-order valence-electron chi connectivity index (χ2n) is 4.56. The molecule has 0 spiro atoms. The summed E-state index contributed by atoms with van der Waals surface area (Å²) >= 11 is 0. The van der Waals surface area contributed by atoms with Crippen molar-refractivity contribution < 1.29 is 4.79 Å². The average Bonchev–Trinajstić information content (AvgIpc) is 2.17. The summed E-state index contributed by atoms with van der Waals surface area (Å²) in [6, 6.07) is 0.771. The minimum atomic E-state index is 0.263. The van der Waals surface area contributed by atoms with E-state index in [4.69, 9.17) is 0 Å². The van der Waals surface area contributed by atoms with Gasteiger partial charge in [0.05, 0.1) is 6.54 Å². The molecule has 1 heterocycles. The van der Waals surface area contributed by atoms with Crippen molar-refractivity contribution in [3.05, 3.63) is 0 Å². The summed E-state index contributed by atoms with van der Waals surface area (Å²) in [7, 11) is 1.95. The van der Waals surface area contributed by atoms with Crippen LogP contribution in [-0.4, -0.2) is 61.0 Å². The molecular weight excluding hydrogens is 190 g/mol. The molecule has 0 saturated carbocycles. The molecule has 15 heavy (non-hydrogen) atoms. The van der Waals surface area contributed by atoms with Gasteiger partial charge in [-0.15, -0.1) is 0 Å². The number of carbonyl (C=O) groups is 1. The summed E-state index contributed by atoms with van der Waals surface area (Å²) < 4.78 is 0. The van der Waals surface area contributed by atoms with Crippen LogP contribution in [-0.2, 0) is 4.79 Å². The van der Waals surface area contributed by atoms with E-state index in [0.29, 0.717) is 18.6 Å². The van der Waals surface area contributed by atoms with Gasteiger partial charge >= 0.3 is 0 Å². The number of nitrogens with one attached hydrogen (secondary N) is 1. The van der Waals surface area contributed by atoms with Gasteiger partial charge in [-0.2, -0.15) is 0 Å². The Morgan fingerprint density at radius 3 is 2.47 bits per heavy atom. The number of likely N-dealkylation sites (N-methyl/N-ethyl adjacent to an activating group) is 1. The van der Waals surface area contributed by atoms with Crippen LogP contribution in [0.5, 0.6) is 0 Å². The van der Waals surface area contributed by atoms with Crippen LogP contribution in [0.15, 0.2) is 0 Å². The number of piperazine rings is 1. The Bertz CT molecular complexity index is 218. The largest absolute Gasteiger partial charge is 0.338 e. The zero-order valence-corrected chi connectivity index (χ0v) is 10.3. The van der Waals surface area contributed by atoms with Crippen molar-refractivity contribution in [1.82, 2.24) is 15.1 Å². The monoisotopic (exact) mass is 213 g/mol. The molecule has 0 aliphatic carbocycles. The Morgan fingerprint density at radius 1 is 1.33 bits per heavy atom. The molecule has 1 atom stereocenters. The lowest BCUT2D eigenvalue weighted by Gasteiger charge is -2.39. The van der Waals surface area contributed by atoms with Crippen LogP contribution in [0.25, 0.3) is 0 Å². The highest BCUT2D eigenvalue weighted by atomic mass is 16.2. The average molecular weight is 213 g/mol. The van der Waals surface area contributed by atoms with E-state index in [-0.39, 0.29) is 5.91 Å². The van der Waals surface area contributed by atoms with Gasteiger partial charge in [-0.05, 0) is 27.8 Å². The lowest BCUT2D eigenvalue weighted by atomic mass is 10.2. The van der Waals surface area contributed by atoms with Gasteiger partial charge in [0.25, 0.3) is 0 Å². The molecule has 1 unspecified atom stereocenters. The zero-order valence-electron chi connectivity index (χ0n) is 10.3. The molecule has 0 aromatic heterocycles. The van der Waals surface area contributed by atoms with Crippen LogP contribution >= 0.6 is 0 Å². The third kappa shape index (κ3) is 3.18. The smallest absolute Gasteiger partial charge is 0.237 e. The van der Waals surface area contributed by atoms with Gasteiger partial charge in [0.15, 0.2) is 0 Å². The van der Waals surface area contributed by atoms with E-state index in [1.165, 1.54) is 0 Å². The lowest BCUT2D eigenvalue weighted by Crippen LogP contribution is -2.56. The van der Waals surface area contributed by atoms with E-state index < -0.39 is 0 Å². The summed E-state index contributed by atoms with van der Waals surface area (Å²) in [4.78, 5) is 16.0. The van der Waals surface area contributed by atoms with Crippen LogP contribution in [0, 0.1) is 0 Å². The minimum Gasteiger partial charge on any atom is -0.338 e. The molecule has 1 saturated heterocycles. The van der Waals surface area contributed by atoms with Crippen molar-refractivity contribution in [3.8, 4) is 0 Å². The van der Waals surface area contributed by atoms with Crippen molar-refractivity contribution in [1.29, 1.82) is 0 Å². The molecule has 1 fully saturated rings.